The Balaban J connectivity index is 1.71. The molecule has 3 aromatic rings. The molecular formula is C15H13ClN4. The van der Waals surface area contributed by atoms with Crippen LogP contribution in [0.5, 0.6) is 0 Å². The highest BCUT2D eigenvalue weighted by molar-refractivity contribution is 6.33. The van der Waals surface area contributed by atoms with Crippen molar-refractivity contribution in [2.24, 2.45) is 0 Å². The molecule has 0 unspecified atom stereocenters. The average Bonchev–Trinajstić information content (AvgIpc) is 2.96. The summed E-state index contributed by atoms with van der Waals surface area (Å²) < 4.78 is 0. The van der Waals surface area contributed by atoms with E-state index in [1.54, 1.807) is 11.0 Å². The highest BCUT2D eigenvalue weighted by atomic mass is 35.5. The highest BCUT2D eigenvalue weighted by Crippen LogP contribution is 2.20. The summed E-state index contributed by atoms with van der Waals surface area (Å²) >= 11 is 6.09. The molecule has 0 saturated carbocycles. The Morgan fingerprint density at radius 3 is 2.55 bits per heavy atom. The molecule has 3 rings (SSSR count). The van der Waals surface area contributed by atoms with Crippen LogP contribution in [-0.2, 0) is 6.54 Å². The Hall–Kier alpha value is -2.33. The Labute approximate surface area is 122 Å². The van der Waals surface area contributed by atoms with Crippen LogP contribution < -0.4 is 5.32 Å². The van der Waals surface area contributed by atoms with Crippen LogP contribution in [0.2, 0.25) is 5.02 Å². The summed E-state index contributed by atoms with van der Waals surface area (Å²) in [6, 6.07) is 17.4. The molecule has 5 heteroatoms. The summed E-state index contributed by atoms with van der Waals surface area (Å²) in [4.78, 5) is 1.61. The van der Waals surface area contributed by atoms with Crippen LogP contribution in [-0.4, -0.2) is 15.0 Å². The Morgan fingerprint density at radius 2 is 1.75 bits per heavy atom. The summed E-state index contributed by atoms with van der Waals surface area (Å²) in [5, 5.41) is 12.6. The molecule has 0 amide bonds. The second-order valence-electron chi connectivity index (χ2n) is 4.29. The quantitative estimate of drug-likeness (QED) is 0.797. The summed E-state index contributed by atoms with van der Waals surface area (Å²) in [5.74, 6) is 0. The minimum atomic E-state index is 0.580. The number of para-hydroxylation sites is 2. The second-order valence-corrected chi connectivity index (χ2v) is 4.70. The molecule has 1 aromatic heterocycles. The molecule has 0 atom stereocenters. The lowest BCUT2D eigenvalue weighted by atomic mass is 10.3. The molecule has 0 aliphatic heterocycles. The van der Waals surface area contributed by atoms with Gasteiger partial charge >= 0.3 is 0 Å². The van der Waals surface area contributed by atoms with Crippen LogP contribution in [0, 0.1) is 0 Å². The van der Waals surface area contributed by atoms with E-state index in [4.69, 9.17) is 11.6 Å². The number of hydrogen-bond acceptors (Lipinski definition) is 3. The molecule has 0 radical (unpaired) electrons. The van der Waals surface area contributed by atoms with Crippen molar-refractivity contribution in [3.8, 4) is 5.69 Å². The number of nitrogens with one attached hydrogen (secondary N) is 1. The zero-order valence-corrected chi connectivity index (χ0v) is 11.5. The molecular weight excluding hydrogens is 272 g/mol. The molecule has 0 aliphatic carbocycles. The maximum absolute atomic E-state index is 6.09. The molecule has 100 valence electrons. The first-order chi connectivity index (χ1) is 9.83. The van der Waals surface area contributed by atoms with Crippen molar-refractivity contribution in [2.75, 3.05) is 5.32 Å². The lowest BCUT2D eigenvalue weighted by Gasteiger charge is -2.05. The predicted octanol–water partition coefficient (Wildman–Crippen LogP) is 3.53. The van der Waals surface area contributed by atoms with E-state index in [1.165, 1.54) is 0 Å². The summed E-state index contributed by atoms with van der Waals surface area (Å²) in [5.41, 5.74) is 2.69. The van der Waals surface area contributed by atoms with E-state index in [9.17, 15) is 0 Å². The van der Waals surface area contributed by atoms with Gasteiger partial charge in [-0.25, -0.2) is 0 Å². The van der Waals surface area contributed by atoms with Gasteiger partial charge in [0, 0.05) is 0 Å². The van der Waals surface area contributed by atoms with E-state index in [2.05, 4.69) is 15.5 Å². The van der Waals surface area contributed by atoms with Crippen molar-refractivity contribution in [3.63, 3.8) is 0 Å². The van der Waals surface area contributed by atoms with Crippen LogP contribution in [0.25, 0.3) is 5.69 Å². The monoisotopic (exact) mass is 284 g/mol. The van der Waals surface area contributed by atoms with Gasteiger partial charge < -0.3 is 5.32 Å². The number of anilines is 1. The second kappa shape index (κ2) is 5.75. The molecule has 0 aliphatic rings. The molecule has 1 N–H and O–H groups in total. The van der Waals surface area contributed by atoms with E-state index in [1.807, 2.05) is 54.6 Å². The molecule has 0 bridgehead atoms. The average molecular weight is 285 g/mol. The molecule has 20 heavy (non-hydrogen) atoms. The lowest BCUT2D eigenvalue weighted by Crippen LogP contribution is -2.02. The van der Waals surface area contributed by atoms with Crippen LogP contribution in [0.4, 0.5) is 5.69 Å². The van der Waals surface area contributed by atoms with Crippen molar-refractivity contribution in [3.05, 3.63) is 71.5 Å². The lowest BCUT2D eigenvalue weighted by molar-refractivity contribution is 0.740. The van der Waals surface area contributed by atoms with Gasteiger partial charge in [-0.3, -0.25) is 0 Å². The van der Waals surface area contributed by atoms with E-state index in [0.717, 1.165) is 17.1 Å². The van der Waals surface area contributed by atoms with Crippen molar-refractivity contribution < 1.29 is 0 Å². The number of hydrogen-bond donors (Lipinski definition) is 1. The fourth-order valence-electron chi connectivity index (χ4n) is 1.85. The molecule has 4 nitrogen and oxygen atoms in total. The predicted molar refractivity (Wildman–Crippen MR) is 80.1 cm³/mol. The number of rotatable bonds is 4. The summed E-state index contributed by atoms with van der Waals surface area (Å²) in [7, 11) is 0. The standard InChI is InChI=1S/C15H13ClN4/c16-14-8-4-5-9-15(14)17-10-12-11-18-20(19-12)13-6-2-1-3-7-13/h1-9,11,17H,10H2. The van der Waals surface area contributed by atoms with Gasteiger partial charge in [-0.2, -0.15) is 15.0 Å². The molecule has 1 heterocycles. The normalized spacial score (nSPS) is 10.4. The molecule has 0 fully saturated rings. The third-order valence-corrected chi connectivity index (χ3v) is 3.19. The first-order valence-electron chi connectivity index (χ1n) is 6.28. The van der Waals surface area contributed by atoms with Crippen molar-refractivity contribution in [2.45, 2.75) is 6.54 Å². The topological polar surface area (TPSA) is 42.7 Å². The van der Waals surface area contributed by atoms with Crippen LogP contribution >= 0.6 is 11.6 Å². The van der Waals surface area contributed by atoms with Gasteiger partial charge in [-0.15, -0.1) is 0 Å². The van der Waals surface area contributed by atoms with Gasteiger partial charge in [0.2, 0.25) is 0 Å². The summed E-state index contributed by atoms with van der Waals surface area (Å²) in [6.45, 7) is 0.580. The first kappa shape index (κ1) is 12.7. The SMILES string of the molecule is Clc1ccccc1NCc1cnn(-c2ccccc2)n1. The van der Waals surface area contributed by atoms with Gasteiger partial charge in [-0.05, 0) is 24.3 Å². The minimum absolute atomic E-state index is 0.580. The fourth-order valence-corrected chi connectivity index (χ4v) is 2.05. The Morgan fingerprint density at radius 1 is 1.00 bits per heavy atom. The number of halogens is 1. The molecule has 0 spiro atoms. The van der Waals surface area contributed by atoms with Crippen molar-refractivity contribution in [1.29, 1.82) is 0 Å². The van der Waals surface area contributed by atoms with Gasteiger partial charge in [0.1, 0.15) is 5.69 Å². The first-order valence-corrected chi connectivity index (χ1v) is 6.66. The zero-order chi connectivity index (χ0) is 13.8. The van der Waals surface area contributed by atoms with E-state index >= 15 is 0 Å². The zero-order valence-electron chi connectivity index (χ0n) is 10.7. The number of nitrogens with zero attached hydrogens (tertiary/aromatic N) is 3. The van der Waals surface area contributed by atoms with E-state index in [0.29, 0.717) is 11.6 Å². The maximum Gasteiger partial charge on any atom is 0.102 e. The number of aromatic nitrogens is 3. The van der Waals surface area contributed by atoms with Gasteiger partial charge in [0.15, 0.2) is 0 Å². The Bertz CT molecular complexity index is 694. The third-order valence-electron chi connectivity index (χ3n) is 2.86. The fraction of sp³-hybridized carbons (Fsp3) is 0.0667. The highest BCUT2D eigenvalue weighted by Gasteiger charge is 2.03. The molecule has 2 aromatic carbocycles. The van der Waals surface area contributed by atoms with Gasteiger partial charge in [0.25, 0.3) is 0 Å². The van der Waals surface area contributed by atoms with Crippen LogP contribution in [0.3, 0.4) is 0 Å². The summed E-state index contributed by atoms with van der Waals surface area (Å²) in [6.07, 6.45) is 1.75. The van der Waals surface area contributed by atoms with Crippen LogP contribution in [0.1, 0.15) is 5.69 Å². The minimum Gasteiger partial charge on any atom is -0.378 e. The van der Waals surface area contributed by atoms with E-state index in [-0.39, 0.29) is 0 Å². The van der Waals surface area contributed by atoms with E-state index < -0.39 is 0 Å². The smallest absolute Gasteiger partial charge is 0.102 e. The van der Waals surface area contributed by atoms with Crippen molar-refractivity contribution >= 4 is 17.3 Å². The Kier molecular flexibility index (Phi) is 3.65. The third kappa shape index (κ3) is 2.81. The number of benzene rings is 2. The molecule has 0 saturated heterocycles. The maximum atomic E-state index is 6.09. The van der Waals surface area contributed by atoms with Gasteiger partial charge in [-0.1, -0.05) is 41.9 Å². The van der Waals surface area contributed by atoms with Crippen molar-refractivity contribution in [1.82, 2.24) is 15.0 Å². The van der Waals surface area contributed by atoms with Crippen LogP contribution in [0.15, 0.2) is 60.8 Å². The van der Waals surface area contributed by atoms with Gasteiger partial charge in [0.05, 0.1) is 29.1 Å². The largest absolute Gasteiger partial charge is 0.378 e.